The van der Waals surface area contributed by atoms with E-state index in [4.69, 9.17) is 4.74 Å². The molecule has 140 valence electrons. The molecule has 0 aliphatic carbocycles. The molecule has 2 aromatic rings. The number of aromatic nitrogens is 1. The lowest BCUT2D eigenvalue weighted by Gasteiger charge is -2.11. The van der Waals surface area contributed by atoms with Crippen LogP contribution in [0.25, 0.3) is 0 Å². The van der Waals surface area contributed by atoms with E-state index in [9.17, 15) is 0 Å². The summed E-state index contributed by atoms with van der Waals surface area (Å²) >= 11 is 0. The zero-order chi connectivity index (χ0) is 18.6. The number of benzene rings is 1. The summed E-state index contributed by atoms with van der Waals surface area (Å²) in [4.78, 5) is 8.99. The van der Waals surface area contributed by atoms with E-state index in [2.05, 4.69) is 53.5 Å². The molecule has 0 atom stereocenters. The SMILES string of the molecule is CCNC(=NCc1ccc(OCC(C)C)cc1)NCCc1ccccn1. The highest BCUT2D eigenvalue weighted by Gasteiger charge is 2.00. The Hall–Kier alpha value is -2.56. The van der Waals surface area contributed by atoms with Crippen LogP contribution in [0.5, 0.6) is 5.75 Å². The van der Waals surface area contributed by atoms with Crippen molar-refractivity contribution in [2.45, 2.75) is 33.7 Å². The molecule has 0 saturated carbocycles. The number of rotatable bonds is 9. The number of nitrogens with one attached hydrogen (secondary N) is 2. The predicted molar refractivity (Wildman–Crippen MR) is 108 cm³/mol. The Morgan fingerprint density at radius 2 is 1.92 bits per heavy atom. The predicted octanol–water partition coefficient (Wildman–Crippen LogP) is 3.41. The van der Waals surface area contributed by atoms with Crippen LogP contribution in [0.2, 0.25) is 0 Å². The largest absolute Gasteiger partial charge is 0.493 e. The molecule has 0 radical (unpaired) electrons. The second-order valence-electron chi connectivity index (χ2n) is 6.54. The van der Waals surface area contributed by atoms with Gasteiger partial charge in [0.05, 0.1) is 13.2 Å². The van der Waals surface area contributed by atoms with Crippen molar-refractivity contribution in [2.75, 3.05) is 19.7 Å². The number of pyridine rings is 1. The summed E-state index contributed by atoms with van der Waals surface area (Å²) in [7, 11) is 0. The molecule has 1 heterocycles. The molecule has 5 nitrogen and oxygen atoms in total. The van der Waals surface area contributed by atoms with Gasteiger partial charge in [0.25, 0.3) is 0 Å². The summed E-state index contributed by atoms with van der Waals surface area (Å²) in [6, 6.07) is 14.1. The van der Waals surface area contributed by atoms with Gasteiger partial charge in [-0.05, 0) is 42.7 Å². The molecule has 0 saturated heterocycles. The van der Waals surface area contributed by atoms with Gasteiger partial charge < -0.3 is 15.4 Å². The molecule has 2 N–H and O–H groups in total. The third-order valence-electron chi connectivity index (χ3n) is 3.67. The van der Waals surface area contributed by atoms with Crippen LogP contribution in [0.15, 0.2) is 53.7 Å². The summed E-state index contributed by atoms with van der Waals surface area (Å²) in [5.74, 6) is 2.26. The lowest BCUT2D eigenvalue weighted by molar-refractivity contribution is 0.271. The van der Waals surface area contributed by atoms with Crippen molar-refractivity contribution in [3.05, 3.63) is 59.9 Å². The highest BCUT2D eigenvalue weighted by Crippen LogP contribution is 2.13. The van der Waals surface area contributed by atoms with Crippen molar-refractivity contribution in [3.63, 3.8) is 0 Å². The average Bonchev–Trinajstić information content (AvgIpc) is 2.66. The molecule has 1 aromatic heterocycles. The summed E-state index contributed by atoms with van der Waals surface area (Å²) in [6.07, 6.45) is 2.69. The van der Waals surface area contributed by atoms with Gasteiger partial charge >= 0.3 is 0 Å². The molecular formula is C21H30N4O. The van der Waals surface area contributed by atoms with Gasteiger partial charge in [-0.1, -0.05) is 32.0 Å². The first-order chi connectivity index (χ1) is 12.7. The van der Waals surface area contributed by atoms with Gasteiger partial charge in [0.2, 0.25) is 0 Å². The van der Waals surface area contributed by atoms with Gasteiger partial charge in [0.15, 0.2) is 5.96 Å². The van der Waals surface area contributed by atoms with E-state index in [1.165, 1.54) is 0 Å². The topological polar surface area (TPSA) is 58.5 Å². The molecule has 26 heavy (non-hydrogen) atoms. The number of hydrogen-bond acceptors (Lipinski definition) is 3. The first-order valence-electron chi connectivity index (χ1n) is 9.31. The fourth-order valence-corrected chi connectivity index (χ4v) is 2.32. The maximum absolute atomic E-state index is 5.72. The summed E-state index contributed by atoms with van der Waals surface area (Å²) in [5.41, 5.74) is 2.23. The molecule has 0 aliphatic heterocycles. The van der Waals surface area contributed by atoms with Crippen LogP contribution in [0, 0.1) is 5.92 Å². The van der Waals surface area contributed by atoms with Crippen LogP contribution in [-0.4, -0.2) is 30.6 Å². The normalized spacial score (nSPS) is 11.5. The van der Waals surface area contributed by atoms with Crippen LogP contribution in [0.1, 0.15) is 32.0 Å². The second-order valence-corrected chi connectivity index (χ2v) is 6.54. The highest BCUT2D eigenvalue weighted by molar-refractivity contribution is 5.79. The Bertz CT molecular complexity index is 653. The third-order valence-corrected chi connectivity index (χ3v) is 3.67. The van der Waals surface area contributed by atoms with Crippen LogP contribution in [0.4, 0.5) is 0 Å². The van der Waals surface area contributed by atoms with Gasteiger partial charge in [-0.3, -0.25) is 4.98 Å². The van der Waals surface area contributed by atoms with Crippen molar-refractivity contribution in [3.8, 4) is 5.75 Å². The van der Waals surface area contributed by atoms with Gasteiger partial charge in [-0.2, -0.15) is 0 Å². The fraction of sp³-hybridized carbons (Fsp3) is 0.429. The minimum Gasteiger partial charge on any atom is -0.493 e. The van der Waals surface area contributed by atoms with E-state index < -0.39 is 0 Å². The molecule has 0 fully saturated rings. The van der Waals surface area contributed by atoms with Crippen molar-refractivity contribution in [2.24, 2.45) is 10.9 Å². The fourth-order valence-electron chi connectivity index (χ4n) is 2.32. The van der Waals surface area contributed by atoms with E-state index in [0.29, 0.717) is 12.5 Å². The molecule has 5 heteroatoms. The van der Waals surface area contributed by atoms with Crippen molar-refractivity contribution < 1.29 is 4.74 Å². The maximum atomic E-state index is 5.72. The van der Waals surface area contributed by atoms with E-state index in [-0.39, 0.29) is 0 Å². The van der Waals surface area contributed by atoms with Crippen molar-refractivity contribution in [1.29, 1.82) is 0 Å². The lowest BCUT2D eigenvalue weighted by atomic mass is 10.2. The average molecular weight is 354 g/mol. The third kappa shape index (κ3) is 7.55. The summed E-state index contributed by atoms with van der Waals surface area (Å²) in [6.45, 7) is 9.35. The van der Waals surface area contributed by atoms with Crippen LogP contribution >= 0.6 is 0 Å². The number of ether oxygens (including phenoxy) is 1. The molecule has 2 rings (SSSR count). The Labute approximate surface area is 156 Å². The molecule has 0 spiro atoms. The Kier molecular flexibility index (Phi) is 8.46. The number of hydrogen-bond donors (Lipinski definition) is 2. The van der Waals surface area contributed by atoms with Crippen LogP contribution in [0.3, 0.4) is 0 Å². The lowest BCUT2D eigenvalue weighted by Crippen LogP contribution is -2.38. The molecule has 0 aliphatic rings. The molecule has 0 bridgehead atoms. The van der Waals surface area contributed by atoms with Gasteiger partial charge in [0, 0.05) is 31.4 Å². The standard InChI is InChI=1S/C21H30N4O/c1-4-22-21(24-14-12-19-7-5-6-13-23-19)25-15-18-8-10-20(11-9-18)26-16-17(2)3/h5-11,13,17H,4,12,14-16H2,1-3H3,(H2,22,24,25). The molecule has 0 unspecified atom stereocenters. The monoisotopic (exact) mass is 354 g/mol. The smallest absolute Gasteiger partial charge is 0.191 e. The van der Waals surface area contributed by atoms with E-state index in [1.807, 2.05) is 36.5 Å². The molecule has 1 aromatic carbocycles. The number of nitrogens with zero attached hydrogens (tertiary/aromatic N) is 2. The number of guanidine groups is 1. The molecule has 0 amide bonds. The van der Waals surface area contributed by atoms with E-state index >= 15 is 0 Å². The highest BCUT2D eigenvalue weighted by atomic mass is 16.5. The van der Waals surface area contributed by atoms with Gasteiger partial charge in [-0.25, -0.2) is 4.99 Å². The first-order valence-corrected chi connectivity index (χ1v) is 9.31. The maximum Gasteiger partial charge on any atom is 0.191 e. The summed E-state index contributed by atoms with van der Waals surface area (Å²) in [5, 5.41) is 6.63. The Balaban J connectivity index is 1.83. The Morgan fingerprint density at radius 1 is 1.12 bits per heavy atom. The Morgan fingerprint density at radius 3 is 2.58 bits per heavy atom. The van der Waals surface area contributed by atoms with Crippen LogP contribution in [-0.2, 0) is 13.0 Å². The summed E-state index contributed by atoms with van der Waals surface area (Å²) < 4.78 is 5.72. The van der Waals surface area contributed by atoms with Crippen molar-refractivity contribution >= 4 is 5.96 Å². The minimum atomic E-state index is 0.527. The van der Waals surface area contributed by atoms with E-state index in [1.54, 1.807) is 0 Å². The zero-order valence-corrected chi connectivity index (χ0v) is 16.0. The van der Waals surface area contributed by atoms with E-state index in [0.717, 1.165) is 49.1 Å². The second kappa shape index (κ2) is 11.1. The quantitative estimate of drug-likeness (QED) is 0.535. The van der Waals surface area contributed by atoms with Gasteiger partial charge in [-0.15, -0.1) is 0 Å². The minimum absolute atomic E-state index is 0.527. The zero-order valence-electron chi connectivity index (χ0n) is 16.0. The molecular weight excluding hydrogens is 324 g/mol. The number of aliphatic imine (C=N–C) groups is 1. The van der Waals surface area contributed by atoms with Crippen LogP contribution < -0.4 is 15.4 Å². The van der Waals surface area contributed by atoms with Crippen molar-refractivity contribution in [1.82, 2.24) is 15.6 Å². The van der Waals surface area contributed by atoms with Gasteiger partial charge in [0.1, 0.15) is 5.75 Å². The first kappa shape index (κ1) is 19.8.